The maximum Gasteiger partial charge on any atom is 0.240 e. The van der Waals surface area contributed by atoms with Gasteiger partial charge in [-0.1, -0.05) is 6.92 Å². The lowest BCUT2D eigenvalue weighted by atomic mass is 9.94. The third-order valence-electron chi connectivity index (χ3n) is 4.41. The van der Waals surface area contributed by atoms with E-state index in [0.29, 0.717) is 17.9 Å². The average molecular weight is 323 g/mol. The van der Waals surface area contributed by atoms with Gasteiger partial charge in [0, 0.05) is 12.3 Å². The summed E-state index contributed by atoms with van der Waals surface area (Å²) in [5.74, 6) is 0.927. The van der Waals surface area contributed by atoms with Crippen LogP contribution in [0.3, 0.4) is 0 Å². The Morgan fingerprint density at radius 3 is 2.71 bits per heavy atom. The van der Waals surface area contributed by atoms with Crippen LogP contribution in [-0.4, -0.2) is 21.7 Å². The van der Waals surface area contributed by atoms with E-state index in [4.69, 9.17) is 4.74 Å². The first kappa shape index (κ1) is 14.7. The van der Waals surface area contributed by atoms with Crippen molar-refractivity contribution in [3.05, 3.63) is 52.8 Å². The maximum atomic E-state index is 11.3. The number of hydrogen-bond donors (Lipinski definition) is 2. The fourth-order valence-electron chi connectivity index (χ4n) is 3.07. The number of hydrazone groups is 1. The van der Waals surface area contributed by atoms with E-state index in [1.807, 2.05) is 44.2 Å². The van der Waals surface area contributed by atoms with E-state index in [2.05, 4.69) is 15.5 Å². The molecule has 6 heteroatoms. The Morgan fingerprint density at radius 2 is 2.04 bits per heavy atom. The van der Waals surface area contributed by atoms with E-state index < -0.39 is 0 Å². The van der Waals surface area contributed by atoms with Crippen molar-refractivity contribution in [3.8, 4) is 11.5 Å². The molecule has 122 valence electrons. The molecule has 1 amide bonds. The molecule has 0 saturated carbocycles. The Hall–Kier alpha value is -2.89. The summed E-state index contributed by atoms with van der Waals surface area (Å²) in [6.45, 7) is 3.83. The van der Waals surface area contributed by atoms with Crippen LogP contribution in [-0.2, 0) is 4.79 Å². The lowest BCUT2D eigenvalue weighted by molar-refractivity contribution is -0.121. The summed E-state index contributed by atoms with van der Waals surface area (Å²) in [6, 6.07) is 9.41. The molecule has 5 rings (SSSR count). The van der Waals surface area contributed by atoms with Crippen LogP contribution < -0.4 is 10.2 Å². The van der Waals surface area contributed by atoms with Gasteiger partial charge in [-0.05, 0) is 48.4 Å². The summed E-state index contributed by atoms with van der Waals surface area (Å²) in [4.78, 5) is 15.6. The number of pyridine rings is 1. The third-order valence-corrected chi connectivity index (χ3v) is 4.41. The largest absolute Gasteiger partial charge is 0.506 e. The molecule has 24 heavy (non-hydrogen) atoms. The molecule has 1 aromatic heterocycles. The molecule has 2 atom stereocenters. The van der Waals surface area contributed by atoms with Crippen molar-refractivity contribution in [3.63, 3.8) is 0 Å². The molecule has 0 radical (unpaired) electrons. The molecular formula is C18H17N3O3. The monoisotopic (exact) mass is 323 g/mol. The molecule has 2 aromatic rings. The SMILES string of the molecule is Cc1cc2nc(c1O)C2Oc1ccc(C2=NNC(=O)CC2C)cc1. The number of aryl methyl sites for hydroxylation is 1. The fraction of sp³-hybridized carbons (Fsp3) is 0.278. The molecule has 0 spiro atoms. The summed E-state index contributed by atoms with van der Waals surface area (Å²) in [5, 5.41) is 14.1. The molecule has 2 aliphatic heterocycles. The van der Waals surface area contributed by atoms with Crippen molar-refractivity contribution in [2.75, 3.05) is 0 Å². The maximum absolute atomic E-state index is 11.3. The highest BCUT2D eigenvalue weighted by Gasteiger charge is 2.33. The standard InChI is InChI=1S/C18H17N3O3/c1-9-8-14(22)20-21-15(9)11-3-5-12(6-4-11)24-18-13-7-10(2)17(23)16(18)19-13/h3-7,9,18,23H,8H2,1-2H3,(H,20,22). The van der Waals surface area contributed by atoms with Gasteiger partial charge >= 0.3 is 0 Å². The molecule has 3 aliphatic rings. The Balaban J connectivity index is 1.51. The smallest absolute Gasteiger partial charge is 0.240 e. The number of ether oxygens (including phenoxy) is 1. The number of carbonyl (C=O) groups is 1. The first-order chi connectivity index (χ1) is 11.5. The van der Waals surface area contributed by atoms with Gasteiger partial charge in [0.1, 0.15) is 17.2 Å². The minimum atomic E-state index is -0.301. The van der Waals surface area contributed by atoms with Gasteiger partial charge in [-0.15, -0.1) is 0 Å². The number of aromatic nitrogens is 1. The second-order valence-corrected chi connectivity index (χ2v) is 6.26. The van der Waals surface area contributed by atoms with Gasteiger partial charge in [0.15, 0.2) is 6.10 Å². The number of nitrogens with one attached hydrogen (secondary N) is 1. The van der Waals surface area contributed by atoms with E-state index in [9.17, 15) is 9.90 Å². The van der Waals surface area contributed by atoms with Gasteiger partial charge in [-0.2, -0.15) is 5.10 Å². The minimum Gasteiger partial charge on any atom is -0.506 e. The van der Waals surface area contributed by atoms with Gasteiger partial charge < -0.3 is 9.84 Å². The van der Waals surface area contributed by atoms with Crippen LogP contribution in [0.2, 0.25) is 0 Å². The number of nitrogens with zero attached hydrogens (tertiary/aromatic N) is 2. The summed E-state index contributed by atoms with van der Waals surface area (Å²) < 4.78 is 5.92. The summed E-state index contributed by atoms with van der Waals surface area (Å²) >= 11 is 0. The molecule has 0 fully saturated rings. The zero-order chi connectivity index (χ0) is 16.8. The number of fused-ring (bicyclic) bond motifs is 2. The summed E-state index contributed by atoms with van der Waals surface area (Å²) in [7, 11) is 0. The third kappa shape index (κ3) is 2.31. The molecule has 1 aromatic carbocycles. The number of aromatic hydroxyl groups is 1. The van der Waals surface area contributed by atoms with Crippen molar-refractivity contribution in [1.29, 1.82) is 0 Å². The highest BCUT2D eigenvalue weighted by Crippen LogP contribution is 2.41. The second-order valence-electron chi connectivity index (χ2n) is 6.26. The Kier molecular flexibility index (Phi) is 3.26. The van der Waals surface area contributed by atoms with E-state index in [-0.39, 0.29) is 23.7 Å². The molecule has 2 unspecified atom stereocenters. The normalized spacial score (nSPS) is 21.6. The zero-order valence-electron chi connectivity index (χ0n) is 13.4. The quantitative estimate of drug-likeness (QED) is 0.908. The fourth-order valence-corrected chi connectivity index (χ4v) is 3.07. The van der Waals surface area contributed by atoms with Crippen molar-refractivity contribution in [2.24, 2.45) is 11.0 Å². The molecule has 6 nitrogen and oxygen atoms in total. The predicted molar refractivity (Wildman–Crippen MR) is 88.0 cm³/mol. The number of amides is 1. The van der Waals surface area contributed by atoms with Crippen LogP contribution in [0.5, 0.6) is 11.5 Å². The van der Waals surface area contributed by atoms with E-state index in [1.165, 1.54) is 0 Å². The topological polar surface area (TPSA) is 83.8 Å². The molecule has 3 heterocycles. The molecular weight excluding hydrogens is 306 g/mol. The molecule has 2 N–H and O–H groups in total. The van der Waals surface area contributed by atoms with Crippen LogP contribution in [0.4, 0.5) is 0 Å². The lowest BCUT2D eigenvalue weighted by Gasteiger charge is -2.28. The number of hydrogen-bond acceptors (Lipinski definition) is 5. The number of benzene rings is 1. The zero-order valence-corrected chi connectivity index (χ0v) is 13.4. The highest BCUT2D eigenvalue weighted by atomic mass is 16.5. The van der Waals surface area contributed by atoms with Crippen molar-refractivity contribution >= 4 is 11.6 Å². The lowest BCUT2D eigenvalue weighted by Crippen LogP contribution is -2.31. The van der Waals surface area contributed by atoms with Crippen LogP contribution >= 0.6 is 0 Å². The van der Waals surface area contributed by atoms with Crippen molar-refractivity contribution in [1.82, 2.24) is 10.4 Å². The van der Waals surface area contributed by atoms with E-state index in [0.717, 1.165) is 22.5 Å². The van der Waals surface area contributed by atoms with Gasteiger partial charge in [0.05, 0.1) is 11.4 Å². The average Bonchev–Trinajstić information content (AvgIpc) is 2.55. The van der Waals surface area contributed by atoms with Gasteiger partial charge in [-0.25, -0.2) is 10.4 Å². The van der Waals surface area contributed by atoms with E-state index >= 15 is 0 Å². The van der Waals surface area contributed by atoms with Crippen LogP contribution in [0.15, 0.2) is 35.4 Å². The molecule has 0 saturated heterocycles. The highest BCUT2D eigenvalue weighted by molar-refractivity contribution is 6.05. The Labute approximate surface area is 139 Å². The predicted octanol–water partition coefficient (Wildman–Crippen LogP) is 2.44. The van der Waals surface area contributed by atoms with Crippen LogP contribution in [0.25, 0.3) is 0 Å². The van der Waals surface area contributed by atoms with Crippen LogP contribution in [0, 0.1) is 12.8 Å². The Bertz CT molecular complexity index is 859. The minimum absolute atomic E-state index is 0.0556. The van der Waals surface area contributed by atoms with Crippen LogP contribution in [0.1, 0.15) is 42.0 Å². The van der Waals surface area contributed by atoms with E-state index in [1.54, 1.807) is 0 Å². The van der Waals surface area contributed by atoms with Crippen molar-refractivity contribution in [2.45, 2.75) is 26.4 Å². The second kappa shape index (κ2) is 5.33. The number of carbonyl (C=O) groups excluding carboxylic acids is 1. The van der Waals surface area contributed by atoms with Crippen molar-refractivity contribution < 1.29 is 14.6 Å². The first-order valence-electron chi connectivity index (χ1n) is 7.87. The summed E-state index contributed by atoms with van der Waals surface area (Å²) in [5.41, 5.74) is 6.58. The van der Waals surface area contributed by atoms with Gasteiger partial charge in [-0.3, -0.25) is 4.79 Å². The molecule has 2 bridgehead atoms. The van der Waals surface area contributed by atoms with Gasteiger partial charge in [0.2, 0.25) is 5.91 Å². The number of rotatable bonds is 3. The first-order valence-corrected chi connectivity index (χ1v) is 7.87. The molecule has 1 aliphatic carbocycles. The van der Waals surface area contributed by atoms with Gasteiger partial charge in [0.25, 0.3) is 0 Å². The Morgan fingerprint density at radius 1 is 1.29 bits per heavy atom. The summed E-state index contributed by atoms with van der Waals surface area (Å²) in [6.07, 6.45) is 0.141.